The number of carbonyl (C=O) groups excluding carboxylic acids is 3. The van der Waals surface area contributed by atoms with Crippen molar-refractivity contribution in [2.75, 3.05) is 31.5 Å². The second-order valence-electron chi connectivity index (χ2n) is 11.8. The predicted octanol–water partition coefficient (Wildman–Crippen LogP) is 3.82. The monoisotopic (exact) mass is 649 g/mol. The van der Waals surface area contributed by atoms with Crippen LogP contribution in [-0.4, -0.2) is 85.2 Å². The second-order valence-corrected chi connectivity index (χ2v) is 12.2. The van der Waals surface area contributed by atoms with Crippen LogP contribution in [0.4, 0.5) is 23.7 Å². The molecule has 12 nitrogen and oxygen atoms in total. The largest absolute Gasteiger partial charge is 0.435 e. The zero-order valence-corrected chi connectivity index (χ0v) is 25.8. The van der Waals surface area contributed by atoms with Crippen LogP contribution in [0.15, 0.2) is 30.6 Å². The minimum Gasteiger partial charge on any atom is -0.335 e. The molecule has 0 bridgehead atoms. The molecule has 0 atom stereocenters. The van der Waals surface area contributed by atoms with E-state index in [2.05, 4.69) is 20.7 Å². The summed E-state index contributed by atoms with van der Waals surface area (Å²) in [6, 6.07) is 4.46. The molecule has 1 aromatic carbocycles. The highest BCUT2D eigenvalue weighted by Crippen LogP contribution is 2.36. The van der Waals surface area contributed by atoms with Gasteiger partial charge in [-0.3, -0.25) is 14.3 Å². The highest BCUT2D eigenvalue weighted by molar-refractivity contribution is 6.34. The topological polar surface area (TPSA) is 143 Å². The molecule has 1 aliphatic carbocycles. The van der Waals surface area contributed by atoms with Crippen LogP contribution < -0.4 is 16.4 Å². The van der Waals surface area contributed by atoms with Crippen LogP contribution in [0.3, 0.4) is 0 Å². The maximum absolute atomic E-state index is 13.8. The minimum absolute atomic E-state index is 0.0700. The molecule has 16 heteroatoms. The number of nitrogens with one attached hydrogen (secondary N) is 2. The van der Waals surface area contributed by atoms with E-state index < -0.39 is 17.8 Å². The van der Waals surface area contributed by atoms with Gasteiger partial charge in [-0.2, -0.15) is 18.3 Å². The van der Waals surface area contributed by atoms with Gasteiger partial charge in [0.1, 0.15) is 0 Å². The third kappa shape index (κ3) is 7.09. The number of hydrogen-bond donors (Lipinski definition) is 3. The van der Waals surface area contributed by atoms with Crippen molar-refractivity contribution in [3.63, 3.8) is 0 Å². The molecule has 1 aliphatic heterocycles. The van der Waals surface area contributed by atoms with Crippen LogP contribution in [0.1, 0.15) is 53.4 Å². The fourth-order valence-electron chi connectivity index (χ4n) is 5.44. The molecule has 0 unspecified atom stereocenters. The van der Waals surface area contributed by atoms with Gasteiger partial charge in [0.25, 0.3) is 11.8 Å². The van der Waals surface area contributed by atoms with Gasteiger partial charge < -0.3 is 30.7 Å². The van der Waals surface area contributed by atoms with Crippen LogP contribution in [0.25, 0.3) is 11.3 Å². The van der Waals surface area contributed by atoms with E-state index in [-0.39, 0.29) is 69.8 Å². The fraction of sp³-hybridized carbons (Fsp3) is 0.483. The molecule has 2 aromatic heterocycles. The molecule has 3 heterocycles. The lowest BCUT2D eigenvalue weighted by Gasteiger charge is -2.38. The molecule has 2 aliphatic rings. The minimum atomic E-state index is -4.70. The van der Waals surface area contributed by atoms with Crippen molar-refractivity contribution in [3.8, 4) is 11.3 Å². The van der Waals surface area contributed by atoms with Crippen LogP contribution >= 0.6 is 11.6 Å². The van der Waals surface area contributed by atoms with Crippen LogP contribution in [0.5, 0.6) is 0 Å². The zero-order valence-electron chi connectivity index (χ0n) is 25.1. The van der Waals surface area contributed by atoms with Crippen molar-refractivity contribution in [1.82, 2.24) is 34.4 Å². The van der Waals surface area contributed by atoms with Crippen molar-refractivity contribution >= 4 is 35.1 Å². The average Bonchev–Trinajstić information content (AvgIpc) is 3.54. The molecule has 45 heavy (non-hydrogen) atoms. The summed E-state index contributed by atoms with van der Waals surface area (Å²) in [6.45, 7) is 5.43. The molecule has 1 saturated heterocycles. The molecule has 3 aromatic rings. The van der Waals surface area contributed by atoms with E-state index in [1.54, 1.807) is 9.80 Å². The van der Waals surface area contributed by atoms with Crippen molar-refractivity contribution < 1.29 is 27.6 Å². The number of benzene rings is 1. The Bertz CT molecular complexity index is 1590. The number of urea groups is 1. The summed E-state index contributed by atoms with van der Waals surface area (Å²) < 4.78 is 43.9. The Hall–Kier alpha value is -4.11. The van der Waals surface area contributed by atoms with Gasteiger partial charge >= 0.3 is 12.2 Å². The van der Waals surface area contributed by atoms with Gasteiger partial charge in [-0.1, -0.05) is 25.4 Å². The lowest BCUT2D eigenvalue weighted by atomic mass is 9.88. The maximum atomic E-state index is 13.8. The standard InChI is InChI=1S/C29H35ClF3N9O3/c1-16(2)14-42-15-21(24(38-42)29(31,32)33)23-13-35-25(39(23)3)26(43)36-18-4-5-20(22(30)12-18)27(44)40-6-8-41(9-7-40)28(45)37-19-10-17(34)11-19/h4-5,12-13,15-17,19H,6-11,14,34H2,1-3H3,(H,36,43)(H,37,45). The second kappa shape index (κ2) is 12.7. The molecule has 5 rings (SSSR count). The highest BCUT2D eigenvalue weighted by atomic mass is 35.5. The predicted molar refractivity (Wildman–Crippen MR) is 161 cm³/mol. The van der Waals surface area contributed by atoms with Crippen molar-refractivity contribution in [2.45, 2.75) is 51.5 Å². The number of aromatic nitrogens is 4. The van der Waals surface area contributed by atoms with Crippen molar-refractivity contribution in [3.05, 3.63) is 52.7 Å². The van der Waals surface area contributed by atoms with Gasteiger partial charge in [0.05, 0.1) is 28.0 Å². The molecule has 4 N–H and O–H groups in total. The Morgan fingerprint density at radius 2 is 1.78 bits per heavy atom. The van der Waals surface area contributed by atoms with Gasteiger partial charge in [-0.15, -0.1) is 0 Å². The summed E-state index contributed by atoms with van der Waals surface area (Å²) in [5.41, 5.74) is 5.10. The van der Waals surface area contributed by atoms with E-state index >= 15 is 0 Å². The number of piperazine rings is 1. The van der Waals surface area contributed by atoms with E-state index in [9.17, 15) is 27.6 Å². The van der Waals surface area contributed by atoms with Gasteiger partial charge in [-0.25, -0.2) is 9.78 Å². The summed E-state index contributed by atoms with van der Waals surface area (Å²) >= 11 is 6.44. The first-order valence-corrected chi connectivity index (χ1v) is 15.0. The third-order valence-electron chi connectivity index (χ3n) is 7.86. The zero-order chi connectivity index (χ0) is 32.6. The SMILES string of the molecule is CC(C)Cn1cc(-c2cnc(C(=O)Nc3ccc(C(=O)N4CCN(C(=O)NC5CC(N)C5)CC4)c(Cl)c3)n2C)c(C(F)(F)F)n1. The summed E-state index contributed by atoms with van der Waals surface area (Å²) in [5.74, 6) is -1.05. The van der Waals surface area contributed by atoms with E-state index in [0.717, 1.165) is 12.8 Å². The molecular weight excluding hydrogens is 615 g/mol. The molecule has 2 fully saturated rings. The first kappa shape index (κ1) is 32.3. The highest BCUT2D eigenvalue weighted by Gasteiger charge is 2.39. The van der Waals surface area contributed by atoms with E-state index in [1.165, 1.54) is 46.9 Å². The van der Waals surface area contributed by atoms with Crippen LogP contribution in [0.2, 0.25) is 5.02 Å². The smallest absolute Gasteiger partial charge is 0.335 e. The number of nitrogens with zero attached hydrogens (tertiary/aromatic N) is 6. The molecule has 4 amide bonds. The number of hydrogen-bond acceptors (Lipinski definition) is 6. The quantitative estimate of drug-likeness (QED) is 0.355. The molecule has 1 saturated carbocycles. The summed E-state index contributed by atoms with van der Waals surface area (Å²) in [7, 11) is 1.44. The normalized spacial score (nSPS) is 18.6. The van der Waals surface area contributed by atoms with Gasteiger partial charge in [-0.05, 0) is 37.0 Å². The Balaban J connectivity index is 1.23. The van der Waals surface area contributed by atoms with E-state index in [4.69, 9.17) is 17.3 Å². The average molecular weight is 650 g/mol. The number of amides is 4. The van der Waals surface area contributed by atoms with E-state index in [1.807, 2.05) is 13.8 Å². The summed E-state index contributed by atoms with van der Waals surface area (Å²) in [6.07, 6.45) is -0.683. The Morgan fingerprint density at radius 1 is 1.11 bits per heavy atom. The van der Waals surface area contributed by atoms with Crippen molar-refractivity contribution in [2.24, 2.45) is 18.7 Å². The Kier molecular flexibility index (Phi) is 9.12. The maximum Gasteiger partial charge on any atom is 0.435 e. The number of nitrogens with two attached hydrogens (primary N) is 1. The van der Waals surface area contributed by atoms with Crippen molar-refractivity contribution in [1.29, 1.82) is 0 Å². The number of carbonyl (C=O) groups is 3. The Labute approximate surface area is 262 Å². The van der Waals surface area contributed by atoms with E-state index in [0.29, 0.717) is 26.2 Å². The number of rotatable bonds is 7. The summed E-state index contributed by atoms with van der Waals surface area (Å²) in [5, 5.41) is 9.44. The fourth-order valence-corrected chi connectivity index (χ4v) is 5.70. The molecule has 0 spiro atoms. The van der Waals surface area contributed by atoms with Crippen LogP contribution in [0, 0.1) is 5.92 Å². The first-order chi connectivity index (χ1) is 21.2. The van der Waals surface area contributed by atoms with Gasteiger partial charge in [0.2, 0.25) is 0 Å². The molecular formula is C29H35ClF3N9O3. The number of halogens is 4. The number of anilines is 1. The third-order valence-corrected chi connectivity index (χ3v) is 8.18. The molecule has 0 radical (unpaired) electrons. The number of alkyl halides is 3. The lowest BCUT2D eigenvalue weighted by Crippen LogP contribution is -2.57. The first-order valence-electron chi connectivity index (χ1n) is 14.6. The Morgan fingerprint density at radius 3 is 2.38 bits per heavy atom. The summed E-state index contributed by atoms with van der Waals surface area (Å²) in [4.78, 5) is 46.1. The molecule has 242 valence electrons. The van der Waals surface area contributed by atoms with Crippen LogP contribution in [-0.2, 0) is 19.8 Å². The van der Waals surface area contributed by atoms with Gasteiger partial charge in [0, 0.05) is 63.7 Å². The number of imidazole rings is 1. The lowest BCUT2D eigenvalue weighted by molar-refractivity contribution is -0.141. The van der Waals surface area contributed by atoms with Gasteiger partial charge in [0.15, 0.2) is 11.5 Å².